The van der Waals surface area contributed by atoms with Crippen LogP contribution >= 0.6 is 7.05 Å². The fraction of sp³-hybridized carbons (Fsp3) is 0.158. The van der Waals surface area contributed by atoms with E-state index in [-0.39, 0.29) is 6.04 Å². The molecule has 3 heteroatoms. The van der Waals surface area contributed by atoms with Gasteiger partial charge < -0.3 is 5.73 Å². The van der Waals surface area contributed by atoms with E-state index in [9.17, 15) is 0 Å². The highest BCUT2D eigenvalue weighted by atomic mass is 31.2. The summed E-state index contributed by atoms with van der Waals surface area (Å²) in [6.07, 6.45) is 7.10. The van der Waals surface area contributed by atoms with Crippen LogP contribution in [0, 0.1) is 0 Å². The van der Waals surface area contributed by atoms with Gasteiger partial charge in [0, 0.05) is 13.1 Å². The highest BCUT2D eigenvalue weighted by Gasteiger charge is 2.19. The van der Waals surface area contributed by atoms with Crippen molar-refractivity contribution in [1.82, 2.24) is 0 Å². The molecule has 0 saturated heterocycles. The third kappa shape index (κ3) is 3.14. The molecule has 2 aromatic carbocycles. The van der Waals surface area contributed by atoms with E-state index in [1.807, 2.05) is 6.08 Å². The lowest BCUT2D eigenvalue weighted by atomic mass is 10.1. The van der Waals surface area contributed by atoms with E-state index in [0.29, 0.717) is 0 Å². The van der Waals surface area contributed by atoms with E-state index in [0.717, 1.165) is 12.1 Å². The fourth-order valence-corrected chi connectivity index (χ4v) is 5.28. The van der Waals surface area contributed by atoms with Gasteiger partial charge in [-0.05, 0) is 29.8 Å². The van der Waals surface area contributed by atoms with E-state index in [1.54, 1.807) is 0 Å². The van der Waals surface area contributed by atoms with Gasteiger partial charge in [0.25, 0.3) is 0 Å². The molecule has 0 fully saturated rings. The lowest BCUT2D eigenvalue weighted by Crippen LogP contribution is -2.18. The molecule has 1 unspecified atom stereocenters. The van der Waals surface area contributed by atoms with Crippen LogP contribution in [-0.4, -0.2) is 12.7 Å². The van der Waals surface area contributed by atoms with Gasteiger partial charge in [0.15, 0.2) is 0 Å². The van der Waals surface area contributed by atoms with Crippen LogP contribution in [0.25, 0.3) is 0 Å². The molecule has 0 radical (unpaired) electrons. The van der Waals surface area contributed by atoms with Crippen molar-refractivity contribution in [2.75, 3.05) is 6.66 Å². The van der Waals surface area contributed by atoms with Crippen LogP contribution in [-0.2, 0) is 0 Å². The Bertz CT molecular complexity index is 702. The summed E-state index contributed by atoms with van der Waals surface area (Å²) >= 11 is 0. The Morgan fingerprint density at radius 3 is 1.95 bits per heavy atom. The lowest BCUT2D eigenvalue weighted by Gasteiger charge is -2.22. The first-order valence-electron chi connectivity index (χ1n) is 7.53. The van der Waals surface area contributed by atoms with E-state index in [2.05, 4.69) is 79.5 Å². The number of allylic oxidation sites excluding steroid dienone is 1. The minimum absolute atomic E-state index is 0.122. The molecule has 3 rings (SSSR count). The van der Waals surface area contributed by atoms with Crippen LogP contribution in [0.2, 0.25) is 0 Å². The molecule has 1 aliphatic rings. The van der Waals surface area contributed by atoms with E-state index < -0.39 is 7.05 Å². The fourth-order valence-electron chi connectivity index (χ4n) is 2.63. The van der Waals surface area contributed by atoms with E-state index >= 15 is 0 Å². The molecule has 2 N–H and O–H groups in total. The number of hydrogen-bond donors (Lipinski definition) is 1. The zero-order chi connectivity index (χ0) is 15.4. The van der Waals surface area contributed by atoms with Gasteiger partial charge in [-0.1, -0.05) is 72.8 Å². The van der Waals surface area contributed by atoms with Gasteiger partial charge in [-0.2, -0.15) is 0 Å². The standard InChI is InChI=1S/C19H21N2P/c1-22(18-8-4-2-5-9-18,19-10-6-3-7-11-19)21-17-14-12-16(20)13-15-17/h2-12,14-16H,13,20H2,1H3. The molecule has 2 nitrogen and oxygen atoms in total. The zero-order valence-corrected chi connectivity index (χ0v) is 13.7. The SMILES string of the molecule is CP(=NC1=CCC(N)C=C1)(c1ccccc1)c1ccccc1. The van der Waals surface area contributed by atoms with Crippen molar-refractivity contribution in [2.45, 2.75) is 12.5 Å². The maximum Gasteiger partial charge on any atom is 0.0579 e. The van der Waals surface area contributed by atoms with Crippen molar-refractivity contribution >= 4 is 17.7 Å². The summed E-state index contributed by atoms with van der Waals surface area (Å²) in [6.45, 7) is 2.28. The summed E-state index contributed by atoms with van der Waals surface area (Å²) in [4.78, 5) is 0. The van der Waals surface area contributed by atoms with Crippen LogP contribution in [0.3, 0.4) is 0 Å². The van der Waals surface area contributed by atoms with E-state index in [1.165, 1.54) is 10.6 Å². The Labute approximate surface area is 132 Å². The molecule has 0 spiro atoms. The maximum absolute atomic E-state index is 5.92. The third-order valence-corrected chi connectivity index (χ3v) is 7.19. The molecule has 112 valence electrons. The summed E-state index contributed by atoms with van der Waals surface area (Å²) in [6, 6.07) is 21.3. The Balaban J connectivity index is 2.14. The summed E-state index contributed by atoms with van der Waals surface area (Å²) in [7, 11) is -1.80. The van der Waals surface area contributed by atoms with Crippen LogP contribution in [0.5, 0.6) is 0 Å². The molecule has 0 aliphatic heterocycles. The molecular formula is C19H21N2P. The Morgan fingerprint density at radius 2 is 1.50 bits per heavy atom. The second kappa shape index (κ2) is 6.48. The summed E-state index contributed by atoms with van der Waals surface area (Å²) in [5, 5.41) is 2.59. The average molecular weight is 308 g/mol. The molecule has 1 atom stereocenters. The molecule has 0 aromatic heterocycles. The Hall–Kier alpha value is -1.89. The molecule has 0 bridgehead atoms. The van der Waals surface area contributed by atoms with Gasteiger partial charge >= 0.3 is 0 Å². The van der Waals surface area contributed by atoms with Gasteiger partial charge in [0.1, 0.15) is 0 Å². The lowest BCUT2D eigenvalue weighted by molar-refractivity contribution is 0.817. The normalized spacial score (nSPS) is 17.9. The Morgan fingerprint density at radius 1 is 0.955 bits per heavy atom. The van der Waals surface area contributed by atoms with Crippen molar-refractivity contribution in [3.8, 4) is 0 Å². The van der Waals surface area contributed by atoms with Crippen molar-refractivity contribution in [3.05, 3.63) is 84.6 Å². The molecule has 0 amide bonds. The van der Waals surface area contributed by atoms with E-state index in [4.69, 9.17) is 10.5 Å². The summed E-state index contributed by atoms with van der Waals surface area (Å²) in [5.74, 6) is 0. The number of nitrogens with zero attached hydrogens (tertiary/aromatic N) is 1. The predicted octanol–water partition coefficient (Wildman–Crippen LogP) is 3.64. The highest BCUT2D eigenvalue weighted by Crippen LogP contribution is 2.45. The number of benzene rings is 2. The van der Waals surface area contributed by atoms with Gasteiger partial charge in [0.2, 0.25) is 0 Å². The second-order valence-corrected chi connectivity index (χ2v) is 8.77. The number of hydrogen-bond acceptors (Lipinski definition) is 2. The zero-order valence-electron chi connectivity index (χ0n) is 12.8. The monoisotopic (exact) mass is 308 g/mol. The largest absolute Gasteiger partial charge is 0.324 e. The van der Waals surface area contributed by atoms with Crippen molar-refractivity contribution in [3.63, 3.8) is 0 Å². The van der Waals surface area contributed by atoms with Gasteiger partial charge in [-0.15, -0.1) is 0 Å². The van der Waals surface area contributed by atoms with Gasteiger partial charge in [-0.25, -0.2) is 0 Å². The summed E-state index contributed by atoms with van der Waals surface area (Å²) in [5.41, 5.74) is 6.97. The second-order valence-electron chi connectivity index (χ2n) is 5.62. The first-order chi connectivity index (χ1) is 10.7. The van der Waals surface area contributed by atoms with Gasteiger partial charge in [0.05, 0.1) is 5.70 Å². The molecule has 2 aromatic rings. The predicted molar refractivity (Wildman–Crippen MR) is 97.2 cm³/mol. The molecule has 0 saturated carbocycles. The highest BCUT2D eigenvalue weighted by molar-refractivity contribution is 7.80. The first-order valence-corrected chi connectivity index (χ1v) is 9.72. The van der Waals surface area contributed by atoms with Crippen molar-refractivity contribution in [1.29, 1.82) is 0 Å². The average Bonchev–Trinajstić information content (AvgIpc) is 2.58. The smallest absolute Gasteiger partial charge is 0.0579 e. The van der Waals surface area contributed by atoms with Crippen LogP contribution in [0.4, 0.5) is 0 Å². The van der Waals surface area contributed by atoms with Crippen LogP contribution < -0.4 is 16.3 Å². The minimum atomic E-state index is -1.80. The maximum atomic E-state index is 5.92. The van der Waals surface area contributed by atoms with Crippen LogP contribution in [0.15, 0.2) is 89.3 Å². The molecule has 0 heterocycles. The summed E-state index contributed by atoms with van der Waals surface area (Å²) < 4.78 is 5.17. The topological polar surface area (TPSA) is 38.4 Å². The quantitative estimate of drug-likeness (QED) is 0.864. The molecule has 22 heavy (non-hydrogen) atoms. The first kappa shape index (κ1) is 15.0. The number of rotatable bonds is 3. The molecule has 1 aliphatic carbocycles. The van der Waals surface area contributed by atoms with Gasteiger partial charge in [-0.3, -0.25) is 4.74 Å². The Kier molecular flexibility index (Phi) is 4.42. The number of nitrogens with two attached hydrogens (primary N) is 1. The minimum Gasteiger partial charge on any atom is -0.324 e. The molecular weight excluding hydrogens is 287 g/mol. The third-order valence-electron chi connectivity index (χ3n) is 3.95. The van der Waals surface area contributed by atoms with Crippen molar-refractivity contribution < 1.29 is 0 Å². The van der Waals surface area contributed by atoms with Crippen LogP contribution in [0.1, 0.15) is 6.42 Å². The van der Waals surface area contributed by atoms with Crippen molar-refractivity contribution in [2.24, 2.45) is 10.5 Å².